The molecule has 4 nitrogen and oxygen atoms in total. The molecule has 0 aliphatic carbocycles. The van der Waals surface area contributed by atoms with Crippen LogP contribution in [0.15, 0.2) is 30.3 Å². The van der Waals surface area contributed by atoms with E-state index in [9.17, 15) is 4.79 Å². The Hall–Kier alpha value is -1.39. The average Bonchev–Trinajstić information content (AvgIpc) is 3.10. The van der Waals surface area contributed by atoms with Crippen LogP contribution in [-0.4, -0.2) is 60.5 Å². The predicted octanol–water partition coefficient (Wildman–Crippen LogP) is 2.07. The highest BCUT2D eigenvalue weighted by Gasteiger charge is 2.35. The number of carbonyl (C=O) groups excluding carboxylic acids is 1. The quantitative estimate of drug-likeness (QED) is 0.924. The minimum absolute atomic E-state index is 0.0377. The van der Waals surface area contributed by atoms with Crippen molar-refractivity contribution in [3.8, 4) is 0 Å². The maximum atomic E-state index is 13.2. The summed E-state index contributed by atoms with van der Waals surface area (Å²) in [6.45, 7) is 9.17. The second-order valence-electron chi connectivity index (χ2n) is 7.05. The first kappa shape index (κ1) is 16.5. The van der Waals surface area contributed by atoms with Crippen LogP contribution in [0.4, 0.5) is 0 Å². The molecule has 2 aliphatic rings. The Morgan fingerprint density at radius 1 is 1.13 bits per heavy atom. The van der Waals surface area contributed by atoms with E-state index in [1.165, 1.54) is 6.42 Å². The first-order valence-corrected chi connectivity index (χ1v) is 8.98. The topological polar surface area (TPSA) is 35.6 Å². The maximum absolute atomic E-state index is 13.2. The number of hydrogen-bond acceptors (Lipinski definition) is 3. The number of nitrogens with one attached hydrogen (secondary N) is 1. The van der Waals surface area contributed by atoms with E-state index in [0.29, 0.717) is 11.9 Å². The third-order valence-corrected chi connectivity index (χ3v) is 5.28. The first-order valence-electron chi connectivity index (χ1n) is 8.98. The summed E-state index contributed by atoms with van der Waals surface area (Å²) in [5.41, 5.74) is 1.16. The van der Waals surface area contributed by atoms with E-state index in [1.54, 1.807) is 0 Å². The Kier molecular flexibility index (Phi) is 5.34. The molecule has 2 fully saturated rings. The number of benzene rings is 1. The van der Waals surface area contributed by atoms with Crippen molar-refractivity contribution in [1.29, 1.82) is 0 Å². The molecule has 2 aliphatic heterocycles. The highest BCUT2D eigenvalue weighted by atomic mass is 16.2. The second-order valence-corrected chi connectivity index (χ2v) is 7.05. The molecule has 1 amide bonds. The van der Waals surface area contributed by atoms with Crippen molar-refractivity contribution in [3.05, 3.63) is 35.9 Å². The van der Waals surface area contributed by atoms with Gasteiger partial charge in [0, 0.05) is 38.3 Å². The van der Waals surface area contributed by atoms with Gasteiger partial charge in [0.1, 0.15) is 0 Å². The van der Waals surface area contributed by atoms with Gasteiger partial charge in [-0.15, -0.1) is 0 Å². The average molecular weight is 315 g/mol. The highest BCUT2D eigenvalue weighted by Crippen LogP contribution is 2.28. The van der Waals surface area contributed by atoms with Gasteiger partial charge in [-0.25, -0.2) is 0 Å². The first-order chi connectivity index (χ1) is 11.2. The largest absolute Gasteiger partial charge is 0.340 e. The fourth-order valence-electron chi connectivity index (χ4n) is 3.86. The molecule has 0 spiro atoms. The van der Waals surface area contributed by atoms with Crippen molar-refractivity contribution in [3.63, 3.8) is 0 Å². The maximum Gasteiger partial charge on any atom is 0.231 e. The lowest BCUT2D eigenvalue weighted by Crippen LogP contribution is -2.53. The Bertz CT molecular complexity index is 503. The van der Waals surface area contributed by atoms with Crippen molar-refractivity contribution < 1.29 is 4.79 Å². The number of rotatable bonds is 4. The lowest BCUT2D eigenvalue weighted by atomic mass is 9.89. The zero-order valence-corrected chi connectivity index (χ0v) is 14.4. The van der Waals surface area contributed by atoms with Gasteiger partial charge < -0.3 is 10.2 Å². The zero-order valence-electron chi connectivity index (χ0n) is 14.4. The van der Waals surface area contributed by atoms with E-state index >= 15 is 0 Å². The molecular weight excluding hydrogens is 286 g/mol. The molecule has 0 aromatic heterocycles. The predicted molar refractivity (Wildman–Crippen MR) is 93.5 cm³/mol. The molecule has 4 heteroatoms. The summed E-state index contributed by atoms with van der Waals surface area (Å²) in [4.78, 5) is 17.8. The molecule has 0 bridgehead atoms. The van der Waals surface area contributed by atoms with Gasteiger partial charge in [0.2, 0.25) is 5.91 Å². The van der Waals surface area contributed by atoms with Gasteiger partial charge in [-0.3, -0.25) is 9.69 Å². The summed E-state index contributed by atoms with van der Waals surface area (Å²) in [6, 6.07) is 11.2. The molecule has 1 N–H and O–H groups in total. The zero-order chi connectivity index (χ0) is 16.2. The SMILES string of the molecule is CC(C)N1CCN(C(=O)C(c2ccccc2)C2CCCN2)CC1. The number of piperazine rings is 1. The second kappa shape index (κ2) is 7.45. The van der Waals surface area contributed by atoms with E-state index in [0.717, 1.165) is 44.7 Å². The van der Waals surface area contributed by atoms with Gasteiger partial charge in [0.25, 0.3) is 0 Å². The van der Waals surface area contributed by atoms with Crippen molar-refractivity contribution >= 4 is 5.91 Å². The summed E-state index contributed by atoms with van der Waals surface area (Å²) in [5.74, 6) is 0.267. The standard InChI is InChI=1S/C19H29N3O/c1-15(2)21-11-13-22(14-12-21)19(23)18(17-9-6-10-20-17)16-7-4-3-5-8-16/h3-5,7-8,15,17-18,20H,6,9-14H2,1-2H3. The number of hydrogen-bond donors (Lipinski definition) is 1. The molecule has 3 rings (SSSR count). The molecule has 0 saturated carbocycles. The van der Waals surface area contributed by atoms with E-state index in [2.05, 4.69) is 41.1 Å². The molecule has 0 radical (unpaired) electrons. The molecule has 1 aromatic carbocycles. The van der Waals surface area contributed by atoms with Crippen LogP contribution >= 0.6 is 0 Å². The Morgan fingerprint density at radius 2 is 1.83 bits per heavy atom. The summed E-state index contributed by atoms with van der Waals surface area (Å²) >= 11 is 0. The van der Waals surface area contributed by atoms with Crippen molar-refractivity contribution in [1.82, 2.24) is 15.1 Å². The summed E-state index contributed by atoms with van der Waals surface area (Å²) in [7, 11) is 0. The van der Waals surface area contributed by atoms with Gasteiger partial charge in [-0.05, 0) is 38.8 Å². The molecule has 1 aromatic rings. The van der Waals surface area contributed by atoms with Crippen LogP contribution in [-0.2, 0) is 4.79 Å². The highest BCUT2D eigenvalue weighted by molar-refractivity contribution is 5.84. The van der Waals surface area contributed by atoms with Crippen molar-refractivity contribution in [2.24, 2.45) is 0 Å². The van der Waals surface area contributed by atoms with Gasteiger partial charge >= 0.3 is 0 Å². The summed E-state index contributed by atoms with van der Waals surface area (Å²) in [6.07, 6.45) is 2.26. The lowest BCUT2D eigenvalue weighted by molar-refractivity contribution is -0.135. The molecule has 2 heterocycles. The number of nitrogens with zero attached hydrogens (tertiary/aromatic N) is 2. The molecule has 2 unspecified atom stereocenters. The van der Waals surface area contributed by atoms with Crippen LogP contribution in [0.5, 0.6) is 0 Å². The van der Waals surface area contributed by atoms with E-state index in [1.807, 2.05) is 18.2 Å². The van der Waals surface area contributed by atoms with Crippen LogP contribution < -0.4 is 5.32 Å². The molecule has 2 atom stereocenters. The fraction of sp³-hybridized carbons (Fsp3) is 0.632. The lowest BCUT2D eigenvalue weighted by Gasteiger charge is -2.39. The van der Waals surface area contributed by atoms with Crippen molar-refractivity contribution in [2.45, 2.75) is 44.7 Å². The number of amides is 1. The normalized spacial score (nSPS) is 24.1. The van der Waals surface area contributed by atoms with Crippen LogP contribution in [0.1, 0.15) is 38.2 Å². The molecular formula is C19H29N3O. The molecule has 2 saturated heterocycles. The molecule has 126 valence electrons. The van der Waals surface area contributed by atoms with E-state index in [-0.39, 0.29) is 12.0 Å². The van der Waals surface area contributed by atoms with Gasteiger partial charge in [-0.2, -0.15) is 0 Å². The third kappa shape index (κ3) is 3.75. The van der Waals surface area contributed by atoms with Gasteiger partial charge in [0.15, 0.2) is 0 Å². The minimum atomic E-state index is -0.0377. The monoisotopic (exact) mass is 315 g/mol. The van der Waals surface area contributed by atoms with Crippen LogP contribution in [0, 0.1) is 0 Å². The smallest absolute Gasteiger partial charge is 0.231 e. The van der Waals surface area contributed by atoms with E-state index in [4.69, 9.17) is 0 Å². The van der Waals surface area contributed by atoms with Crippen LogP contribution in [0.2, 0.25) is 0 Å². The Labute approximate surface area is 139 Å². The summed E-state index contributed by atoms with van der Waals surface area (Å²) in [5, 5.41) is 3.54. The minimum Gasteiger partial charge on any atom is -0.340 e. The fourth-order valence-corrected chi connectivity index (χ4v) is 3.86. The van der Waals surface area contributed by atoms with Gasteiger partial charge in [0.05, 0.1) is 5.92 Å². The van der Waals surface area contributed by atoms with Crippen LogP contribution in [0.3, 0.4) is 0 Å². The third-order valence-electron chi connectivity index (χ3n) is 5.28. The number of carbonyl (C=O) groups is 1. The Balaban J connectivity index is 1.73. The van der Waals surface area contributed by atoms with Gasteiger partial charge in [-0.1, -0.05) is 30.3 Å². The summed E-state index contributed by atoms with van der Waals surface area (Å²) < 4.78 is 0. The molecule has 23 heavy (non-hydrogen) atoms. The van der Waals surface area contributed by atoms with Crippen molar-refractivity contribution in [2.75, 3.05) is 32.7 Å². The Morgan fingerprint density at radius 3 is 2.39 bits per heavy atom. The van der Waals surface area contributed by atoms with Crippen LogP contribution in [0.25, 0.3) is 0 Å². The van der Waals surface area contributed by atoms with E-state index < -0.39 is 0 Å².